The van der Waals surface area contributed by atoms with Gasteiger partial charge in [0.05, 0.1) is 18.3 Å². The molecule has 1 saturated carbocycles. The van der Waals surface area contributed by atoms with E-state index in [2.05, 4.69) is 32.9 Å². The number of rotatable bonds is 5. The summed E-state index contributed by atoms with van der Waals surface area (Å²) in [5.41, 5.74) is 7.76. The summed E-state index contributed by atoms with van der Waals surface area (Å²) in [6.45, 7) is 6.93. The van der Waals surface area contributed by atoms with Crippen LogP contribution in [-0.2, 0) is 6.54 Å². The van der Waals surface area contributed by atoms with E-state index in [1.165, 1.54) is 25.7 Å². The number of hydrogen-bond donors (Lipinski definition) is 2. The van der Waals surface area contributed by atoms with Crippen LogP contribution < -0.4 is 11.1 Å². The van der Waals surface area contributed by atoms with Crippen molar-refractivity contribution in [1.29, 1.82) is 0 Å². The minimum Gasteiger partial charge on any atom is -0.370 e. The van der Waals surface area contributed by atoms with Gasteiger partial charge in [0.15, 0.2) is 5.96 Å². The third-order valence-corrected chi connectivity index (χ3v) is 3.35. The summed E-state index contributed by atoms with van der Waals surface area (Å²) in [7, 11) is 0. The average molecular weight is 389 g/mol. The lowest BCUT2D eigenvalue weighted by Gasteiger charge is -2.08. The molecular formula is C14H24IN5. The lowest BCUT2D eigenvalue weighted by molar-refractivity contribution is 0.463. The topological polar surface area (TPSA) is 68.2 Å². The Morgan fingerprint density at radius 3 is 2.90 bits per heavy atom. The molecule has 0 atom stereocenters. The molecule has 3 N–H and O–H groups in total. The number of aromatic nitrogens is 2. The Kier molecular flexibility index (Phi) is 7.04. The van der Waals surface area contributed by atoms with Crippen LogP contribution in [0.3, 0.4) is 0 Å². The molecule has 1 heterocycles. The predicted molar refractivity (Wildman–Crippen MR) is 93.3 cm³/mol. The van der Waals surface area contributed by atoms with Crippen molar-refractivity contribution in [2.24, 2.45) is 10.7 Å². The summed E-state index contributed by atoms with van der Waals surface area (Å²) in [6, 6.07) is 2.60. The van der Waals surface area contributed by atoms with Crippen LogP contribution in [0.25, 0.3) is 0 Å². The third-order valence-electron chi connectivity index (χ3n) is 3.35. The molecule has 1 aromatic rings. The van der Waals surface area contributed by atoms with Crippen molar-refractivity contribution in [3.63, 3.8) is 0 Å². The van der Waals surface area contributed by atoms with E-state index in [4.69, 9.17) is 5.73 Å². The highest BCUT2D eigenvalue weighted by molar-refractivity contribution is 14.0. The summed E-state index contributed by atoms with van der Waals surface area (Å²) >= 11 is 0. The summed E-state index contributed by atoms with van der Waals surface area (Å²) in [4.78, 5) is 4.27. The van der Waals surface area contributed by atoms with E-state index < -0.39 is 0 Å². The second-order valence-electron chi connectivity index (χ2n) is 5.24. The molecule has 5 nitrogen and oxygen atoms in total. The van der Waals surface area contributed by atoms with E-state index in [9.17, 15) is 0 Å². The molecule has 0 aliphatic heterocycles. The van der Waals surface area contributed by atoms with Crippen molar-refractivity contribution in [2.75, 3.05) is 6.54 Å². The van der Waals surface area contributed by atoms with Crippen LogP contribution in [0.15, 0.2) is 29.4 Å². The van der Waals surface area contributed by atoms with Gasteiger partial charge in [0, 0.05) is 12.7 Å². The van der Waals surface area contributed by atoms with E-state index in [1.807, 2.05) is 13.0 Å². The molecule has 0 amide bonds. The van der Waals surface area contributed by atoms with Crippen molar-refractivity contribution in [3.05, 3.63) is 30.1 Å². The molecular weight excluding hydrogens is 365 g/mol. The molecule has 1 fully saturated rings. The maximum absolute atomic E-state index is 5.76. The number of nitrogens with one attached hydrogen (secondary N) is 1. The molecule has 0 bridgehead atoms. The fraction of sp³-hybridized carbons (Fsp3) is 0.571. The van der Waals surface area contributed by atoms with Gasteiger partial charge in [0.25, 0.3) is 0 Å². The Hall–Kier alpha value is -1.05. The molecule has 112 valence electrons. The maximum atomic E-state index is 5.76. The van der Waals surface area contributed by atoms with Crippen molar-refractivity contribution >= 4 is 29.9 Å². The van der Waals surface area contributed by atoms with E-state index in [-0.39, 0.29) is 24.0 Å². The predicted octanol–water partition coefficient (Wildman–Crippen LogP) is 2.60. The van der Waals surface area contributed by atoms with Crippen LogP contribution in [0.2, 0.25) is 0 Å². The second-order valence-corrected chi connectivity index (χ2v) is 5.24. The minimum atomic E-state index is 0. The van der Waals surface area contributed by atoms with Gasteiger partial charge in [-0.3, -0.25) is 4.68 Å². The molecule has 2 rings (SSSR count). The minimum absolute atomic E-state index is 0. The molecule has 1 aliphatic carbocycles. The van der Waals surface area contributed by atoms with Crippen LogP contribution in [0.4, 0.5) is 0 Å². The van der Waals surface area contributed by atoms with E-state index in [0.717, 1.165) is 11.3 Å². The van der Waals surface area contributed by atoms with E-state index >= 15 is 0 Å². The molecule has 20 heavy (non-hydrogen) atoms. The first kappa shape index (κ1) is 17.0. The van der Waals surface area contributed by atoms with Crippen molar-refractivity contribution < 1.29 is 0 Å². The number of guanidine groups is 1. The monoisotopic (exact) mass is 389 g/mol. The number of halogens is 1. The number of nitrogens with two attached hydrogens (primary N) is 1. The fourth-order valence-corrected chi connectivity index (χ4v) is 2.30. The first-order valence-corrected chi connectivity index (χ1v) is 6.87. The Morgan fingerprint density at radius 2 is 2.25 bits per heavy atom. The highest BCUT2D eigenvalue weighted by Crippen LogP contribution is 2.28. The SMILES string of the molecule is C=C(C)CNC(N)=NCc1ccn(C2CCCC2)n1.I. The Balaban J connectivity index is 0.00000200. The maximum Gasteiger partial charge on any atom is 0.189 e. The largest absolute Gasteiger partial charge is 0.370 e. The zero-order valence-electron chi connectivity index (χ0n) is 12.0. The highest BCUT2D eigenvalue weighted by Gasteiger charge is 2.17. The average Bonchev–Trinajstić information content (AvgIpc) is 3.03. The quantitative estimate of drug-likeness (QED) is 0.352. The van der Waals surface area contributed by atoms with Crippen molar-refractivity contribution in [1.82, 2.24) is 15.1 Å². The molecule has 1 aliphatic rings. The summed E-state index contributed by atoms with van der Waals surface area (Å²) in [5.74, 6) is 0.443. The van der Waals surface area contributed by atoms with E-state index in [1.54, 1.807) is 0 Å². The summed E-state index contributed by atoms with van der Waals surface area (Å²) < 4.78 is 2.08. The summed E-state index contributed by atoms with van der Waals surface area (Å²) in [5, 5.41) is 7.58. The van der Waals surface area contributed by atoms with Gasteiger partial charge in [0.1, 0.15) is 0 Å². The molecule has 0 radical (unpaired) electrons. The zero-order valence-corrected chi connectivity index (χ0v) is 14.3. The van der Waals surface area contributed by atoms with Crippen molar-refractivity contribution in [3.8, 4) is 0 Å². The van der Waals surface area contributed by atoms with Gasteiger partial charge in [-0.25, -0.2) is 4.99 Å². The van der Waals surface area contributed by atoms with Gasteiger partial charge in [-0.05, 0) is 25.8 Å². The molecule has 0 aromatic carbocycles. The van der Waals surface area contributed by atoms with Crippen LogP contribution in [0, 0.1) is 0 Å². The van der Waals surface area contributed by atoms with Gasteiger partial charge in [0.2, 0.25) is 0 Å². The zero-order chi connectivity index (χ0) is 13.7. The van der Waals surface area contributed by atoms with Gasteiger partial charge in [-0.15, -0.1) is 24.0 Å². The number of aliphatic imine (C=N–C) groups is 1. The summed E-state index contributed by atoms with van der Waals surface area (Å²) in [6.07, 6.45) is 7.17. The molecule has 0 spiro atoms. The highest BCUT2D eigenvalue weighted by atomic mass is 127. The smallest absolute Gasteiger partial charge is 0.189 e. The van der Waals surface area contributed by atoms with Gasteiger partial charge < -0.3 is 11.1 Å². The lowest BCUT2D eigenvalue weighted by Crippen LogP contribution is -2.32. The standard InChI is InChI=1S/C14H23N5.HI/c1-11(2)9-16-14(15)17-10-12-7-8-19(18-12)13-5-3-4-6-13;/h7-8,13H,1,3-6,9-10H2,2H3,(H3,15,16,17);1H. The molecule has 0 saturated heterocycles. The number of nitrogens with zero attached hydrogens (tertiary/aromatic N) is 3. The van der Waals surface area contributed by atoms with Crippen molar-refractivity contribution in [2.45, 2.75) is 45.2 Å². The lowest BCUT2D eigenvalue weighted by atomic mass is 10.3. The first-order chi connectivity index (χ1) is 9.15. The van der Waals surface area contributed by atoms with Crippen LogP contribution in [0.5, 0.6) is 0 Å². The van der Waals surface area contributed by atoms with Crippen LogP contribution in [-0.4, -0.2) is 22.3 Å². The van der Waals surface area contributed by atoms with Crippen LogP contribution >= 0.6 is 24.0 Å². The molecule has 0 unspecified atom stereocenters. The van der Waals surface area contributed by atoms with Crippen LogP contribution in [0.1, 0.15) is 44.3 Å². The third kappa shape index (κ3) is 5.15. The number of hydrogen-bond acceptors (Lipinski definition) is 2. The second kappa shape index (κ2) is 8.28. The Morgan fingerprint density at radius 1 is 1.55 bits per heavy atom. The van der Waals surface area contributed by atoms with Gasteiger partial charge in [-0.1, -0.05) is 25.0 Å². The first-order valence-electron chi connectivity index (χ1n) is 6.87. The van der Waals surface area contributed by atoms with Gasteiger partial charge >= 0.3 is 0 Å². The molecule has 6 heteroatoms. The Bertz CT molecular complexity index is 460. The Labute approximate surface area is 137 Å². The van der Waals surface area contributed by atoms with E-state index in [0.29, 0.717) is 25.1 Å². The normalized spacial score (nSPS) is 15.9. The van der Waals surface area contributed by atoms with Gasteiger partial charge in [-0.2, -0.15) is 5.10 Å². The molecule has 1 aromatic heterocycles. The fourth-order valence-electron chi connectivity index (χ4n) is 2.30.